The summed E-state index contributed by atoms with van der Waals surface area (Å²) in [6.07, 6.45) is 0. The van der Waals surface area contributed by atoms with Crippen molar-refractivity contribution in [1.82, 2.24) is 5.32 Å². The van der Waals surface area contributed by atoms with E-state index >= 15 is 0 Å². The predicted octanol–water partition coefficient (Wildman–Crippen LogP) is 4.94. The van der Waals surface area contributed by atoms with Crippen LogP contribution in [0.2, 0.25) is 15.1 Å². The average Bonchev–Trinajstić information content (AvgIpc) is 2.36. The molecule has 0 fully saturated rings. The molecular formula is C14H12Cl3N. The van der Waals surface area contributed by atoms with Gasteiger partial charge in [0.25, 0.3) is 0 Å². The molecule has 18 heavy (non-hydrogen) atoms. The minimum absolute atomic E-state index is 0.657. The van der Waals surface area contributed by atoms with Crippen LogP contribution in [0.3, 0.4) is 0 Å². The molecule has 0 aliphatic carbocycles. The van der Waals surface area contributed by atoms with Gasteiger partial charge >= 0.3 is 0 Å². The van der Waals surface area contributed by atoms with Crippen LogP contribution in [0.4, 0.5) is 0 Å². The first-order chi connectivity index (χ1) is 8.66. The summed E-state index contributed by atoms with van der Waals surface area (Å²) in [5.74, 6) is 0. The van der Waals surface area contributed by atoms with Crippen molar-refractivity contribution in [2.24, 2.45) is 0 Å². The number of halogens is 3. The van der Waals surface area contributed by atoms with Gasteiger partial charge in [0, 0.05) is 28.2 Å². The zero-order valence-electron chi connectivity index (χ0n) is 9.59. The average molecular weight is 301 g/mol. The molecule has 0 amide bonds. The van der Waals surface area contributed by atoms with E-state index in [9.17, 15) is 0 Å². The van der Waals surface area contributed by atoms with E-state index in [4.69, 9.17) is 34.8 Å². The van der Waals surface area contributed by atoms with Crippen molar-refractivity contribution in [3.05, 3.63) is 68.7 Å². The second kappa shape index (κ2) is 6.44. The van der Waals surface area contributed by atoms with E-state index in [0.29, 0.717) is 23.1 Å². The molecule has 0 aliphatic rings. The summed E-state index contributed by atoms with van der Waals surface area (Å²) in [5.41, 5.74) is 2.05. The van der Waals surface area contributed by atoms with Crippen molar-refractivity contribution >= 4 is 34.8 Å². The molecule has 0 saturated heterocycles. The summed E-state index contributed by atoms with van der Waals surface area (Å²) < 4.78 is 0. The van der Waals surface area contributed by atoms with Crippen LogP contribution in [0.1, 0.15) is 11.1 Å². The lowest BCUT2D eigenvalue weighted by Gasteiger charge is -2.08. The van der Waals surface area contributed by atoms with E-state index in [1.54, 1.807) is 12.1 Å². The molecule has 0 spiro atoms. The van der Waals surface area contributed by atoms with Gasteiger partial charge in [-0.25, -0.2) is 0 Å². The Morgan fingerprint density at radius 1 is 0.778 bits per heavy atom. The van der Waals surface area contributed by atoms with Crippen LogP contribution in [0, 0.1) is 0 Å². The highest BCUT2D eigenvalue weighted by atomic mass is 35.5. The van der Waals surface area contributed by atoms with Gasteiger partial charge in [0.1, 0.15) is 0 Å². The number of hydrogen-bond acceptors (Lipinski definition) is 1. The molecule has 2 aromatic carbocycles. The highest BCUT2D eigenvalue weighted by Crippen LogP contribution is 2.21. The van der Waals surface area contributed by atoms with Gasteiger partial charge in [0.2, 0.25) is 0 Å². The zero-order valence-corrected chi connectivity index (χ0v) is 11.9. The Balaban J connectivity index is 1.96. The first-order valence-corrected chi connectivity index (χ1v) is 6.68. The zero-order chi connectivity index (χ0) is 13.0. The topological polar surface area (TPSA) is 12.0 Å². The first-order valence-electron chi connectivity index (χ1n) is 5.55. The predicted molar refractivity (Wildman–Crippen MR) is 78.5 cm³/mol. The molecular weight excluding hydrogens is 289 g/mol. The molecule has 0 heterocycles. The summed E-state index contributed by atoms with van der Waals surface area (Å²) in [5, 5.41) is 5.47. The molecule has 0 bridgehead atoms. The molecule has 1 N–H and O–H groups in total. The summed E-state index contributed by atoms with van der Waals surface area (Å²) in [7, 11) is 0. The number of rotatable bonds is 4. The Morgan fingerprint density at radius 3 is 2.22 bits per heavy atom. The van der Waals surface area contributed by atoms with Crippen LogP contribution in [0.15, 0.2) is 42.5 Å². The van der Waals surface area contributed by atoms with Crippen LogP contribution >= 0.6 is 34.8 Å². The maximum absolute atomic E-state index is 6.08. The minimum Gasteiger partial charge on any atom is -0.309 e. The second-order valence-corrected chi connectivity index (χ2v) is 5.18. The largest absolute Gasteiger partial charge is 0.309 e. The lowest BCUT2D eigenvalue weighted by atomic mass is 10.2. The Kier molecular flexibility index (Phi) is 4.90. The van der Waals surface area contributed by atoms with Crippen molar-refractivity contribution in [3.8, 4) is 0 Å². The summed E-state index contributed by atoms with van der Waals surface area (Å²) >= 11 is 18.1. The Hall–Kier alpha value is -0.730. The van der Waals surface area contributed by atoms with Crippen molar-refractivity contribution in [3.63, 3.8) is 0 Å². The molecule has 0 atom stereocenters. The fourth-order valence-corrected chi connectivity index (χ4v) is 2.23. The van der Waals surface area contributed by atoms with Gasteiger partial charge in [-0.1, -0.05) is 53.0 Å². The maximum Gasteiger partial charge on any atom is 0.0451 e. The summed E-state index contributed by atoms with van der Waals surface area (Å²) in [4.78, 5) is 0. The van der Waals surface area contributed by atoms with E-state index in [-0.39, 0.29) is 0 Å². The smallest absolute Gasteiger partial charge is 0.0451 e. The third-order valence-corrected chi connectivity index (χ3v) is 3.57. The summed E-state index contributed by atoms with van der Waals surface area (Å²) in [6.45, 7) is 1.35. The number of benzene rings is 2. The van der Waals surface area contributed by atoms with E-state index in [1.165, 1.54) is 0 Å². The van der Waals surface area contributed by atoms with E-state index in [1.807, 2.05) is 30.3 Å². The van der Waals surface area contributed by atoms with Crippen LogP contribution in [-0.2, 0) is 13.1 Å². The van der Waals surface area contributed by atoms with Crippen molar-refractivity contribution < 1.29 is 0 Å². The van der Waals surface area contributed by atoms with Crippen LogP contribution in [0.5, 0.6) is 0 Å². The monoisotopic (exact) mass is 299 g/mol. The molecule has 4 heteroatoms. The van der Waals surface area contributed by atoms with Gasteiger partial charge in [-0.15, -0.1) is 0 Å². The Labute approximate surface area is 122 Å². The van der Waals surface area contributed by atoms with E-state index in [2.05, 4.69) is 5.32 Å². The third kappa shape index (κ3) is 3.63. The fraction of sp³-hybridized carbons (Fsp3) is 0.143. The van der Waals surface area contributed by atoms with Gasteiger partial charge in [-0.2, -0.15) is 0 Å². The van der Waals surface area contributed by atoms with Gasteiger partial charge in [-0.3, -0.25) is 0 Å². The Bertz CT molecular complexity index is 540. The fourth-order valence-electron chi connectivity index (χ4n) is 1.65. The summed E-state index contributed by atoms with van der Waals surface area (Å²) in [6, 6.07) is 13.2. The molecule has 2 rings (SSSR count). The molecule has 1 nitrogen and oxygen atoms in total. The minimum atomic E-state index is 0.657. The third-order valence-electron chi connectivity index (χ3n) is 2.60. The van der Waals surface area contributed by atoms with Crippen LogP contribution in [0.25, 0.3) is 0 Å². The molecule has 94 valence electrons. The van der Waals surface area contributed by atoms with Crippen molar-refractivity contribution in [1.29, 1.82) is 0 Å². The molecule has 0 aromatic heterocycles. The van der Waals surface area contributed by atoms with Gasteiger partial charge in [0.05, 0.1) is 0 Å². The maximum atomic E-state index is 6.08. The van der Waals surface area contributed by atoms with Crippen LogP contribution < -0.4 is 5.32 Å². The van der Waals surface area contributed by atoms with Crippen molar-refractivity contribution in [2.75, 3.05) is 0 Å². The number of hydrogen-bond donors (Lipinski definition) is 1. The quantitative estimate of drug-likeness (QED) is 0.843. The lowest BCUT2D eigenvalue weighted by Crippen LogP contribution is -2.13. The van der Waals surface area contributed by atoms with Crippen LogP contribution in [-0.4, -0.2) is 0 Å². The van der Waals surface area contributed by atoms with E-state index in [0.717, 1.165) is 16.1 Å². The standard InChI is InChI=1S/C14H12Cl3N/c15-12-5-6-14(17)11(7-12)9-18-8-10-3-1-2-4-13(10)16/h1-7,18H,8-9H2. The molecule has 0 unspecified atom stereocenters. The normalized spacial score (nSPS) is 10.6. The first kappa shape index (κ1) is 13.7. The SMILES string of the molecule is Clc1ccc(Cl)c(CNCc2ccccc2Cl)c1. The highest BCUT2D eigenvalue weighted by molar-refractivity contribution is 6.33. The molecule has 2 aromatic rings. The molecule has 0 aliphatic heterocycles. The van der Waals surface area contributed by atoms with Crippen molar-refractivity contribution in [2.45, 2.75) is 13.1 Å². The number of nitrogens with one attached hydrogen (secondary N) is 1. The van der Waals surface area contributed by atoms with Gasteiger partial charge < -0.3 is 5.32 Å². The van der Waals surface area contributed by atoms with Gasteiger partial charge in [-0.05, 0) is 35.4 Å². The Morgan fingerprint density at radius 2 is 1.44 bits per heavy atom. The lowest BCUT2D eigenvalue weighted by molar-refractivity contribution is 0.694. The molecule has 0 radical (unpaired) electrons. The van der Waals surface area contributed by atoms with Gasteiger partial charge in [0.15, 0.2) is 0 Å². The molecule has 0 saturated carbocycles. The van der Waals surface area contributed by atoms with E-state index < -0.39 is 0 Å². The second-order valence-electron chi connectivity index (χ2n) is 3.93. The highest BCUT2D eigenvalue weighted by Gasteiger charge is 2.02.